The maximum Gasteiger partial charge on any atom is 0.339 e. The smallest absolute Gasteiger partial charge is 0.339 e. The van der Waals surface area contributed by atoms with Gasteiger partial charge in [-0.3, -0.25) is 4.79 Å². The van der Waals surface area contributed by atoms with Gasteiger partial charge in [0.25, 0.3) is 5.91 Å². The van der Waals surface area contributed by atoms with Gasteiger partial charge in [0.2, 0.25) is 0 Å². The summed E-state index contributed by atoms with van der Waals surface area (Å²) in [5, 5.41) is 14.6. The fraction of sp³-hybridized carbons (Fsp3) is 0.476. The van der Waals surface area contributed by atoms with Gasteiger partial charge >= 0.3 is 5.63 Å². The number of aryl methyl sites for hydroxylation is 2. The van der Waals surface area contributed by atoms with Crippen LogP contribution in [0.2, 0.25) is 0 Å². The summed E-state index contributed by atoms with van der Waals surface area (Å²) in [6.45, 7) is 4.99. The average Bonchev–Trinajstić information content (AvgIpc) is 3.16. The lowest BCUT2D eigenvalue weighted by molar-refractivity contribution is -0.309. The van der Waals surface area contributed by atoms with E-state index in [1.165, 1.54) is 0 Å². The van der Waals surface area contributed by atoms with Gasteiger partial charge in [0.15, 0.2) is 6.61 Å². The molecule has 2 aromatic rings. The largest absolute Gasteiger partial charge is 0.548 e. The number of hydrogen-bond acceptors (Lipinski definition) is 6. The fourth-order valence-corrected chi connectivity index (χ4v) is 3.65. The lowest BCUT2D eigenvalue weighted by Crippen LogP contribution is -2.52. The number of amides is 1. The van der Waals surface area contributed by atoms with Crippen LogP contribution in [0, 0.1) is 12.8 Å². The first-order chi connectivity index (χ1) is 13.3. The Morgan fingerprint density at radius 3 is 2.68 bits per heavy atom. The van der Waals surface area contributed by atoms with Crippen LogP contribution in [0.5, 0.6) is 5.75 Å². The quantitative estimate of drug-likeness (QED) is 0.718. The van der Waals surface area contributed by atoms with Crippen molar-refractivity contribution < 1.29 is 23.8 Å². The molecule has 7 heteroatoms. The molecule has 1 heterocycles. The molecular weight excluding hydrogens is 362 g/mol. The van der Waals surface area contributed by atoms with E-state index in [0.717, 1.165) is 35.8 Å². The summed E-state index contributed by atoms with van der Waals surface area (Å²) in [5.41, 5.74) is 2.57. The van der Waals surface area contributed by atoms with Crippen LogP contribution in [-0.2, 0) is 22.4 Å². The molecule has 0 aliphatic heterocycles. The standard InChI is InChI=1S/C21H25NO6/c1-4-11(2)18(20(24)25)22-17(23)10-27-16-9-8-14-13-6-5-7-15(13)21(26)28-19(14)12(16)3/h8-9,11,18H,4-7,10H2,1-3H3,(H,22,23)(H,24,25)/p-1/t11-,18-/m0/s1. The SMILES string of the molecule is CC[C@H](C)[C@H](NC(=O)COc1ccc2c3c(c(=O)oc2c1C)CCC3)C(=O)[O-]. The average molecular weight is 386 g/mol. The highest BCUT2D eigenvalue weighted by atomic mass is 16.5. The highest BCUT2D eigenvalue weighted by Gasteiger charge is 2.22. The summed E-state index contributed by atoms with van der Waals surface area (Å²) < 4.78 is 11.1. The van der Waals surface area contributed by atoms with Crippen LogP contribution in [0.3, 0.4) is 0 Å². The second-order valence-electron chi connectivity index (χ2n) is 7.30. The van der Waals surface area contributed by atoms with Crippen molar-refractivity contribution in [2.24, 2.45) is 5.92 Å². The van der Waals surface area contributed by atoms with E-state index < -0.39 is 17.9 Å². The van der Waals surface area contributed by atoms with Crippen molar-refractivity contribution in [2.45, 2.75) is 52.5 Å². The summed E-state index contributed by atoms with van der Waals surface area (Å²) in [7, 11) is 0. The van der Waals surface area contributed by atoms with Crippen molar-refractivity contribution in [2.75, 3.05) is 6.61 Å². The topological polar surface area (TPSA) is 109 Å². The maximum absolute atomic E-state index is 12.2. The van der Waals surface area contributed by atoms with Crippen LogP contribution in [0.25, 0.3) is 11.0 Å². The van der Waals surface area contributed by atoms with E-state index in [2.05, 4.69) is 5.32 Å². The van der Waals surface area contributed by atoms with Crippen molar-refractivity contribution in [3.05, 3.63) is 39.2 Å². The molecule has 7 nitrogen and oxygen atoms in total. The van der Waals surface area contributed by atoms with Crippen molar-refractivity contribution in [3.8, 4) is 5.75 Å². The number of nitrogens with one attached hydrogen (secondary N) is 1. The first-order valence-corrected chi connectivity index (χ1v) is 9.54. The van der Waals surface area contributed by atoms with Gasteiger partial charge in [-0.25, -0.2) is 4.79 Å². The van der Waals surface area contributed by atoms with Crippen molar-refractivity contribution in [1.82, 2.24) is 5.32 Å². The summed E-state index contributed by atoms with van der Waals surface area (Å²) in [5.74, 6) is -1.71. The lowest BCUT2D eigenvalue weighted by atomic mass is 9.99. The monoisotopic (exact) mass is 386 g/mol. The zero-order valence-corrected chi connectivity index (χ0v) is 16.3. The zero-order chi connectivity index (χ0) is 20.4. The molecule has 0 saturated carbocycles. The first-order valence-electron chi connectivity index (χ1n) is 9.54. The van der Waals surface area contributed by atoms with E-state index >= 15 is 0 Å². The number of carbonyl (C=O) groups excluding carboxylic acids is 2. The number of ether oxygens (including phenoxy) is 1. The van der Waals surface area contributed by atoms with E-state index in [-0.39, 0.29) is 18.2 Å². The summed E-state index contributed by atoms with van der Waals surface area (Å²) >= 11 is 0. The molecule has 0 saturated heterocycles. The van der Waals surface area contributed by atoms with Gasteiger partial charge in [0.1, 0.15) is 11.3 Å². The third kappa shape index (κ3) is 3.74. The van der Waals surface area contributed by atoms with Crippen LogP contribution in [0.1, 0.15) is 43.4 Å². The summed E-state index contributed by atoms with van der Waals surface area (Å²) in [4.78, 5) is 35.6. The predicted molar refractivity (Wildman–Crippen MR) is 101 cm³/mol. The Morgan fingerprint density at radius 2 is 2.00 bits per heavy atom. The number of carboxylic acids is 1. The van der Waals surface area contributed by atoms with E-state index in [1.807, 2.05) is 13.0 Å². The number of carbonyl (C=O) groups is 2. The molecule has 1 aromatic carbocycles. The molecule has 1 aliphatic carbocycles. The molecule has 28 heavy (non-hydrogen) atoms. The van der Waals surface area contributed by atoms with Crippen LogP contribution in [0.4, 0.5) is 0 Å². The Hall–Kier alpha value is -2.83. The summed E-state index contributed by atoms with van der Waals surface area (Å²) in [6, 6.07) is 2.51. The molecular formula is C21H24NO6-. The van der Waals surface area contributed by atoms with Crippen LogP contribution < -0.4 is 20.8 Å². The van der Waals surface area contributed by atoms with E-state index in [4.69, 9.17) is 9.15 Å². The molecule has 2 atom stereocenters. The number of benzene rings is 1. The molecule has 0 radical (unpaired) electrons. The van der Waals surface area contributed by atoms with E-state index in [9.17, 15) is 19.5 Å². The third-order valence-corrected chi connectivity index (χ3v) is 5.48. The molecule has 150 valence electrons. The Balaban J connectivity index is 1.77. The number of rotatable bonds is 7. The second-order valence-corrected chi connectivity index (χ2v) is 7.30. The van der Waals surface area contributed by atoms with Crippen LogP contribution >= 0.6 is 0 Å². The molecule has 3 rings (SSSR count). The molecule has 1 aliphatic rings. The molecule has 1 N–H and O–H groups in total. The van der Waals surface area contributed by atoms with Crippen molar-refractivity contribution in [3.63, 3.8) is 0 Å². The molecule has 1 aromatic heterocycles. The Labute approximate surface area is 162 Å². The van der Waals surface area contributed by atoms with Crippen molar-refractivity contribution >= 4 is 22.8 Å². The number of aliphatic carboxylic acids is 1. The van der Waals surface area contributed by atoms with Gasteiger partial charge in [-0.2, -0.15) is 0 Å². The number of carboxylic acid groups (broad SMARTS) is 1. The van der Waals surface area contributed by atoms with Gasteiger partial charge in [0, 0.05) is 16.5 Å². The highest BCUT2D eigenvalue weighted by Crippen LogP contribution is 2.32. The molecule has 0 unspecified atom stereocenters. The lowest BCUT2D eigenvalue weighted by Gasteiger charge is -2.25. The molecule has 0 fully saturated rings. The highest BCUT2D eigenvalue weighted by molar-refractivity contribution is 5.87. The number of fused-ring (bicyclic) bond motifs is 3. The molecule has 0 bridgehead atoms. The van der Waals surface area contributed by atoms with Gasteiger partial charge in [-0.05, 0) is 49.8 Å². The second kappa shape index (κ2) is 8.04. The Bertz CT molecular complexity index is 977. The first kappa shape index (κ1) is 19.9. The van der Waals surface area contributed by atoms with E-state index in [1.54, 1.807) is 19.9 Å². The number of hydrogen-bond donors (Lipinski definition) is 1. The normalized spacial score (nSPS) is 15.1. The third-order valence-electron chi connectivity index (χ3n) is 5.48. The molecule has 1 amide bonds. The zero-order valence-electron chi connectivity index (χ0n) is 16.3. The van der Waals surface area contributed by atoms with Gasteiger partial charge in [0.05, 0.1) is 12.0 Å². The van der Waals surface area contributed by atoms with Gasteiger partial charge in [-0.15, -0.1) is 0 Å². The minimum absolute atomic E-state index is 0.257. The van der Waals surface area contributed by atoms with Crippen molar-refractivity contribution in [1.29, 1.82) is 0 Å². The maximum atomic E-state index is 12.2. The fourth-order valence-electron chi connectivity index (χ4n) is 3.65. The minimum Gasteiger partial charge on any atom is -0.548 e. The molecule has 0 spiro atoms. The van der Waals surface area contributed by atoms with Gasteiger partial charge < -0.3 is 24.4 Å². The Morgan fingerprint density at radius 1 is 1.29 bits per heavy atom. The van der Waals surface area contributed by atoms with E-state index in [0.29, 0.717) is 23.3 Å². The van der Waals surface area contributed by atoms with Gasteiger partial charge in [-0.1, -0.05) is 20.3 Å². The summed E-state index contributed by atoms with van der Waals surface area (Å²) in [6.07, 6.45) is 3.11. The minimum atomic E-state index is -1.32. The van der Waals surface area contributed by atoms with Crippen LogP contribution in [0.15, 0.2) is 21.3 Å². The van der Waals surface area contributed by atoms with Crippen LogP contribution in [-0.4, -0.2) is 24.5 Å². The Kier molecular flexibility index (Phi) is 5.72. The predicted octanol–water partition coefficient (Wildman–Crippen LogP) is 1.25.